The highest BCUT2D eigenvalue weighted by atomic mass is 35.5. The summed E-state index contributed by atoms with van der Waals surface area (Å²) in [4.78, 5) is 2.54. The van der Waals surface area contributed by atoms with Gasteiger partial charge in [0.1, 0.15) is 5.75 Å². The molecule has 1 aromatic rings. The van der Waals surface area contributed by atoms with Crippen LogP contribution in [0.25, 0.3) is 0 Å². The SMILES string of the molecule is CC1CCCN(CC2COc3c(Cl)cccc3C2N)C1. The van der Waals surface area contributed by atoms with Gasteiger partial charge in [0, 0.05) is 30.6 Å². The van der Waals surface area contributed by atoms with Crippen molar-refractivity contribution in [2.75, 3.05) is 26.2 Å². The molecule has 1 saturated heterocycles. The van der Waals surface area contributed by atoms with E-state index in [0.29, 0.717) is 17.5 Å². The van der Waals surface area contributed by atoms with Crippen LogP contribution in [0.1, 0.15) is 31.4 Å². The number of ether oxygens (including phenoxy) is 1. The number of hydrogen-bond acceptors (Lipinski definition) is 3. The fourth-order valence-corrected chi connectivity index (χ4v) is 3.68. The molecule has 4 heteroatoms. The normalized spacial score (nSPS) is 30.6. The van der Waals surface area contributed by atoms with E-state index in [4.69, 9.17) is 22.1 Å². The molecule has 0 aliphatic carbocycles. The minimum atomic E-state index is 0.0229. The number of rotatable bonds is 2. The number of benzene rings is 1. The first-order valence-electron chi connectivity index (χ1n) is 7.54. The van der Waals surface area contributed by atoms with Gasteiger partial charge in [-0.1, -0.05) is 30.7 Å². The molecule has 1 aromatic carbocycles. The summed E-state index contributed by atoms with van der Waals surface area (Å²) in [7, 11) is 0. The Kier molecular flexibility index (Phi) is 4.20. The fourth-order valence-electron chi connectivity index (χ4n) is 3.44. The third kappa shape index (κ3) is 2.80. The summed E-state index contributed by atoms with van der Waals surface area (Å²) in [6, 6.07) is 5.88. The van der Waals surface area contributed by atoms with Gasteiger partial charge in [-0.3, -0.25) is 0 Å². The number of likely N-dealkylation sites (tertiary alicyclic amines) is 1. The summed E-state index contributed by atoms with van der Waals surface area (Å²) >= 11 is 6.18. The van der Waals surface area contributed by atoms with Crippen LogP contribution in [0.5, 0.6) is 5.75 Å². The van der Waals surface area contributed by atoms with Crippen molar-refractivity contribution in [2.24, 2.45) is 17.6 Å². The summed E-state index contributed by atoms with van der Waals surface area (Å²) in [5.74, 6) is 1.93. The largest absolute Gasteiger partial charge is 0.491 e. The van der Waals surface area contributed by atoms with Crippen molar-refractivity contribution in [2.45, 2.75) is 25.8 Å². The minimum Gasteiger partial charge on any atom is -0.491 e. The van der Waals surface area contributed by atoms with Crippen molar-refractivity contribution in [3.05, 3.63) is 28.8 Å². The summed E-state index contributed by atoms with van der Waals surface area (Å²) in [6.07, 6.45) is 2.65. The Bertz CT molecular complexity index is 480. The average Bonchev–Trinajstić information content (AvgIpc) is 2.43. The first kappa shape index (κ1) is 14.2. The number of hydrogen-bond donors (Lipinski definition) is 1. The van der Waals surface area contributed by atoms with Crippen LogP contribution >= 0.6 is 11.6 Å². The van der Waals surface area contributed by atoms with E-state index >= 15 is 0 Å². The van der Waals surface area contributed by atoms with Gasteiger partial charge in [-0.15, -0.1) is 0 Å². The predicted molar refractivity (Wildman–Crippen MR) is 82.2 cm³/mol. The zero-order valence-electron chi connectivity index (χ0n) is 12.0. The number of halogens is 1. The Balaban J connectivity index is 1.70. The number of nitrogens with zero attached hydrogens (tertiary/aromatic N) is 1. The van der Waals surface area contributed by atoms with Crippen LogP contribution in [0.15, 0.2) is 18.2 Å². The van der Waals surface area contributed by atoms with Crippen LogP contribution in [0.3, 0.4) is 0 Å². The highest BCUT2D eigenvalue weighted by Gasteiger charge is 2.31. The molecule has 2 aliphatic rings. The van der Waals surface area contributed by atoms with Gasteiger partial charge in [0.05, 0.1) is 11.6 Å². The van der Waals surface area contributed by atoms with E-state index < -0.39 is 0 Å². The van der Waals surface area contributed by atoms with Gasteiger partial charge in [0.2, 0.25) is 0 Å². The van der Waals surface area contributed by atoms with Crippen molar-refractivity contribution >= 4 is 11.6 Å². The van der Waals surface area contributed by atoms with Crippen molar-refractivity contribution in [3.63, 3.8) is 0 Å². The molecule has 2 aliphatic heterocycles. The van der Waals surface area contributed by atoms with Crippen molar-refractivity contribution in [1.29, 1.82) is 0 Å². The molecule has 0 bridgehead atoms. The molecule has 2 N–H and O–H groups in total. The molecule has 2 heterocycles. The average molecular weight is 295 g/mol. The van der Waals surface area contributed by atoms with E-state index in [-0.39, 0.29) is 6.04 Å². The highest BCUT2D eigenvalue weighted by molar-refractivity contribution is 6.32. The quantitative estimate of drug-likeness (QED) is 0.911. The third-order valence-corrected chi connectivity index (χ3v) is 4.84. The van der Waals surface area contributed by atoms with Crippen LogP contribution < -0.4 is 10.5 Å². The first-order valence-corrected chi connectivity index (χ1v) is 7.92. The molecule has 3 atom stereocenters. The molecular weight excluding hydrogens is 272 g/mol. The van der Waals surface area contributed by atoms with E-state index in [9.17, 15) is 0 Å². The van der Waals surface area contributed by atoms with Crippen LogP contribution in [-0.2, 0) is 0 Å². The summed E-state index contributed by atoms with van der Waals surface area (Å²) in [6.45, 7) is 6.40. The zero-order chi connectivity index (χ0) is 14.1. The van der Waals surface area contributed by atoms with E-state index in [1.807, 2.05) is 18.2 Å². The van der Waals surface area contributed by atoms with Gasteiger partial charge < -0.3 is 15.4 Å². The molecule has 0 radical (unpaired) electrons. The van der Waals surface area contributed by atoms with Gasteiger partial charge in [0.15, 0.2) is 0 Å². The van der Waals surface area contributed by atoms with E-state index in [1.165, 1.54) is 25.9 Å². The molecule has 20 heavy (non-hydrogen) atoms. The molecule has 0 amide bonds. The molecule has 110 valence electrons. The Morgan fingerprint density at radius 2 is 2.30 bits per heavy atom. The molecule has 0 aromatic heterocycles. The van der Waals surface area contributed by atoms with Gasteiger partial charge in [-0.25, -0.2) is 0 Å². The van der Waals surface area contributed by atoms with Crippen molar-refractivity contribution in [1.82, 2.24) is 4.90 Å². The number of piperidine rings is 1. The van der Waals surface area contributed by atoms with E-state index in [0.717, 1.165) is 23.8 Å². The Hall–Kier alpha value is -0.770. The van der Waals surface area contributed by atoms with Gasteiger partial charge in [-0.05, 0) is 31.4 Å². The standard InChI is InChI=1S/C16H23ClN2O/c1-11-4-3-7-19(8-11)9-12-10-20-16-13(15(12)18)5-2-6-14(16)17/h2,5-6,11-12,15H,3-4,7-10,18H2,1H3. The van der Waals surface area contributed by atoms with Crippen LogP contribution in [0.4, 0.5) is 0 Å². The maximum Gasteiger partial charge on any atom is 0.142 e. The second-order valence-corrected chi connectivity index (χ2v) is 6.67. The lowest BCUT2D eigenvalue weighted by atomic mass is 9.90. The molecule has 0 saturated carbocycles. The van der Waals surface area contributed by atoms with E-state index in [1.54, 1.807) is 0 Å². The molecule has 3 rings (SSSR count). The smallest absolute Gasteiger partial charge is 0.142 e. The van der Waals surface area contributed by atoms with Gasteiger partial charge in [-0.2, -0.15) is 0 Å². The van der Waals surface area contributed by atoms with Crippen LogP contribution in [-0.4, -0.2) is 31.1 Å². The van der Waals surface area contributed by atoms with Crippen LogP contribution in [0, 0.1) is 11.8 Å². The molecular formula is C16H23ClN2O. The number of fused-ring (bicyclic) bond motifs is 1. The second kappa shape index (κ2) is 5.92. The zero-order valence-corrected chi connectivity index (χ0v) is 12.8. The number of nitrogens with two attached hydrogens (primary N) is 1. The van der Waals surface area contributed by atoms with E-state index in [2.05, 4.69) is 11.8 Å². The highest BCUT2D eigenvalue weighted by Crippen LogP contribution is 2.39. The second-order valence-electron chi connectivity index (χ2n) is 6.26. The Morgan fingerprint density at radius 1 is 1.45 bits per heavy atom. The predicted octanol–water partition coefficient (Wildman–Crippen LogP) is 3.08. The maximum absolute atomic E-state index is 6.45. The summed E-state index contributed by atoms with van der Waals surface area (Å²) in [5, 5.41) is 0.669. The molecule has 0 spiro atoms. The lowest BCUT2D eigenvalue weighted by Gasteiger charge is -2.38. The monoisotopic (exact) mass is 294 g/mol. The summed E-state index contributed by atoms with van der Waals surface area (Å²) in [5.41, 5.74) is 7.50. The van der Waals surface area contributed by atoms with Crippen molar-refractivity contribution in [3.8, 4) is 5.75 Å². The fraction of sp³-hybridized carbons (Fsp3) is 0.625. The Morgan fingerprint density at radius 3 is 3.10 bits per heavy atom. The topological polar surface area (TPSA) is 38.5 Å². The third-order valence-electron chi connectivity index (χ3n) is 4.54. The lowest BCUT2D eigenvalue weighted by molar-refractivity contribution is 0.109. The minimum absolute atomic E-state index is 0.0229. The molecule has 1 fully saturated rings. The lowest BCUT2D eigenvalue weighted by Crippen LogP contribution is -2.43. The van der Waals surface area contributed by atoms with Gasteiger partial charge >= 0.3 is 0 Å². The maximum atomic E-state index is 6.45. The molecule has 3 nitrogen and oxygen atoms in total. The van der Waals surface area contributed by atoms with Crippen LogP contribution in [0.2, 0.25) is 5.02 Å². The van der Waals surface area contributed by atoms with Gasteiger partial charge in [0.25, 0.3) is 0 Å². The molecule has 3 unspecified atom stereocenters. The van der Waals surface area contributed by atoms with Crippen molar-refractivity contribution < 1.29 is 4.74 Å². The Labute approximate surface area is 126 Å². The summed E-state index contributed by atoms with van der Waals surface area (Å²) < 4.78 is 5.87. The first-order chi connectivity index (χ1) is 9.65. The number of para-hydroxylation sites is 1.